The number of fused-ring (bicyclic) bond motifs is 2. The van der Waals surface area contributed by atoms with Gasteiger partial charge in [-0.1, -0.05) is 6.08 Å². The zero-order valence-corrected chi connectivity index (χ0v) is 20.5. The average molecular weight is 490 g/mol. The molecule has 3 aromatic heterocycles. The van der Waals surface area contributed by atoms with E-state index in [2.05, 4.69) is 43.5 Å². The third kappa shape index (κ3) is 4.35. The maximum atomic E-state index is 13.0. The summed E-state index contributed by atoms with van der Waals surface area (Å²) < 4.78 is 6.90. The number of carbonyl (C=O) groups is 1. The second-order valence-corrected chi connectivity index (χ2v) is 10.1. The summed E-state index contributed by atoms with van der Waals surface area (Å²) in [6, 6.07) is 8.29. The fourth-order valence-corrected chi connectivity index (χ4v) is 5.62. The van der Waals surface area contributed by atoms with Crippen LogP contribution in [0.25, 0.3) is 26.8 Å². The summed E-state index contributed by atoms with van der Waals surface area (Å²) >= 11 is 1.62. The maximum absolute atomic E-state index is 13.0. The smallest absolute Gasteiger partial charge is 0.320 e. The highest BCUT2D eigenvalue weighted by molar-refractivity contribution is 7.16. The monoisotopic (exact) mass is 489 g/mol. The summed E-state index contributed by atoms with van der Waals surface area (Å²) in [5.41, 5.74) is 6.79. The number of nitrogens with zero attached hydrogens (tertiary/aromatic N) is 5. The Bertz CT molecular complexity index is 1420. The quantitative estimate of drug-likeness (QED) is 0.435. The summed E-state index contributed by atoms with van der Waals surface area (Å²) in [6.07, 6.45) is 4.62. The van der Waals surface area contributed by atoms with Gasteiger partial charge in [0.15, 0.2) is 0 Å². The fourth-order valence-electron chi connectivity index (χ4n) is 4.90. The number of aromatic nitrogens is 4. The first-order valence-corrected chi connectivity index (χ1v) is 12.7. The standard InChI is InChI=1S/C25H27N7O2S/c1-15-11-32(12-16(2)34-15)25(33)31-7-5-17(6-8-31)21-10-19-23(26-13-27-24(19)30-21)29-18-3-4-20-22(9-18)35-14-28-20/h3-5,9-10,13-16H,6-8,11-12H2,1-2H3,(H2,26,27,29,30)/t15-,16+. The van der Waals surface area contributed by atoms with Crippen LogP contribution in [0.3, 0.4) is 0 Å². The SMILES string of the molecule is C[C@@H]1CN(C(=O)N2CC=C(c3cc4c(Nc5ccc6ncsc6c5)ncnc4[nH]3)CC2)C[C@H](C)O1. The number of thiazole rings is 1. The van der Waals surface area contributed by atoms with Crippen molar-refractivity contribution >= 4 is 55.7 Å². The number of benzene rings is 1. The van der Waals surface area contributed by atoms with Crippen molar-refractivity contribution in [3.8, 4) is 0 Å². The summed E-state index contributed by atoms with van der Waals surface area (Å²) in [4.78, 5) is 33.6. The van der Waals surface area contributed by atoms with E-state index in [-0.39, 0.29) is 18.2 Å². The lowest BCUT2D eigenvalue weighted by Crippen LogP contribution is -2.53. The van der Waals surface area contributed by atoms with Crippen LogP contribution in [0.1, 0.15) is 26.0 Å². The topological polar surface area (TPSA) is 99.3 Å². The van der Waals surface area contributed by atoms with Gasteiger partial charge in [0, 0.05) is 37.6 Å². The minimum atomic E-state index is 0.0674. The molecule has 0 aliphatic carbocycles. The molecule has 0 saturated carbocycles. The number of rotatable bonds is 3. The van der Waals surface area contributed by atoms with Crippen molar-refractivity contribution < 1.29 is 9.53 Å². The van der Waals surface area contributed by atoms with E-state index in [9.17, 15) is 4.79 Å². The van der Waals surface area contributed by atoms with Gasteiger partial charge in [-0.2, -0.15) is 0 Å². The molecule has 9 nitrogen and oxygen atoms in total. The molecule has 2 atom stereocenters. The van der Waals surface area contributed by atoms with Crippen LogP contribution >= 0.6 is 11.3 Å². The highest BCUT2D eigenvalue weighted by atomic mass is 32.1. The van der Waals surface area contributed by atoms with Crippen molar-refractivity contribution in [3.05, 3.63) is 47.9 Å². The van der Waals surface area contributed by atoms with Gasteiger partial charge in [-0.15, -0.1) is 11.3 Å². The van der Waals surface area contributed by atoms with Crippen LogP contribution in [-0.4, -0.2) is 74.2 Å². The first-order chi connectivity index (χ1) is 17.0. The van der Waals surface area contributed by atoms with E-state index >= 15 is 0 Å². The molecule has 1 aromatic carbocycles. The summed E-state index contributed by atoms with van der Waals surface area (Å²) in [7, 11) is 0. The number of ether oxygens (including phenoxy) is 1. The minimum Gasteiger partial charge on any atom is -0.372 e. The molecule has 0 radical (unpaired) electrons. The van der Waals surface area contributed by atoms with Crippen LogP contribution in [0.4, 0.5) is 16.3 Å². The van der Waals surface area contributed by atoms with E-state index < -0.39 is 0 Å². The average Bonchev–Trinajstić information content (AvgIpc) is 3.50. The van der Waals surface area contributed by atoms with E-state index in [1.807, 2.05) is 41.3 Å². The number of urea groups is 1. The molecule has 1 fully saturated rings. The molecule has 0 unspecified atom stereocenters. The van der Waals surface area contributed by atoms with Crippen LogP contribution < -0.4 is 5.32 Å². The van der Waals surface area contributed by atoms with Gasteiger partial charge in [0.2, 0.25) is 0 Å². The third-order valence-corrected chi connectivity index (χ3v) is 7.33. The van der Waals surface area contributed by atoms with E-state index in [0.29, 0.717) is 26.2 Å². The Hall–Kier alpha value is -3.50. The number of morpholine rings is 1. The summed E-state index contributed by atoms with van der Waals surface area (Å²) in [5, 5.41) is 4.36. The van der Waals surface area contributed by atoms with Gasteiger partial charge in [-0.05, 0) is 50.1 Å². The lowest BCUT2D eigenvalue weighted by molar-refractivity contribution is -0.0579. The van der Waals surface area contributed by atoms with Crippen molar-refractivity contribution in [2.45, 2.75) is 32.5 Å². The predicted molar refractivity (Wildman–Crippen MR) is 138 cm³/mol. The molecule has 0 spiro atoms. The molecule has 2 aliphatic rings. The highest BCUT2D eigenvalue weighted by Gasteiger charge is 2.30. The number of hydrogen-bond acceptors (Lipinski definition) is 7. The number of H-pyrrole nitrogens is 1. The Morgan fingerprint density at radius 2 is 2.00 bits per heavy atom. The van der Waals surface area contributed by atoms with Crippen molar-refractivity contribution in [2.75, 3.05) is 31.5 Å². The maximum Gasteiger partial charge on any atom is 0.320 e. The Morgan fingerprint density at radius 3 is 2.80 bits per heavy atom. The Morgan fingerprint density at radius 1 is 1.14 bits per heavy atom. The molecule has 2 N–H and O–H groups in total. The molecular weight excluding hydrogens is 462 g/mol. The van der Waals surface area contributed by atoms with Gasteiger partial charge in [0.05, 0.1) is 33.3 Å². The summed E-state index contributed by atoms with van der Waals surface area (Å²) in [5.74, 6) is 0.755. The van der Waals surface area contributed by atoms with Crippen LogP contribution in [-0.2, 0) is 4.74 Å². The number of hydrogen-bond donors (Lipinski definition) is 2. The molecule has 4 aromatic rings. The van der Waals surface area contributed by atoms with E-state index in [0.717, 1.165) is 44.9 Å². The molecule has 0 bridgehead atoms. The third-order valence-electron chi connectivity index (χ3n) is 6.54. The Kier molecular flexibility index (Phi) is 5.62. The Labute approximate surface area is 206 Å². The largest absolute Gasteiger partial charge is 0.372 e. The molecule has 180 valence electrons. The zero-order chi connectivity index (χ0) is 23.9. The van der Waals surface area contributed by atoms with Crippen LogP contribution in [0.2, 0.25) is 0 Å². The van der Waals surface area contributed by atoms with Crippen molar-refractivity contribution in [3.63, 3.8) is 0 Å². The Balaban J connectivity index is 1.19. The summed E-state index contributed by atoms with van der Waals surface area (Å²) in [6.45, 7) is 6.60. The molecule has 2 amide bonds. The normalized spacial score (nSPS) is 20.9. The fraction of sp³-hybridized carbons (Fsp3) is 0.360. The lowest BCUT2D eigenvalue weighted by Gasteiger charge is -2.39. The van der Waals surface area contributed by atoms with Crippen LogP contribution in [0, 0.1) is 0 Å². The van der Waals surface area contributed by atoms with Gasteiger partial charge in [-0.25, -0.2) is 19.7 Å². The minimum absolute atomic E-state index is 0.0674. The van der Waals surface area contributed by atoms with Gasteiger partial charge in [0.1, 0.15) is 17.8 Å². The molecule has 35 heavy (non-hydrogen) atoms. The van der Waals surface area contributed by atoms with E-state index in [4.69, 9.17) is 4.74 Å². The number of amides is 2. The predicted octanol–water partition coefficient (Wildman–Crippen LogP) is 4.63. The van der Waals surface area contributed by atoms with Gasteiger partial charge in [-0.3, -0.25) is 0 Å². The first-order valence-electron chi connectivity index (χ1n) is 11.9. The van der Waals surface area contributed by atoms with E-state index in [1.165, 1.54) is 5.57 Å². The van der Waals surface area contributed by atoms with Crippen molar-refractivity contribution in [2.24, 2.45) is 0 Å². The van der Waals surface area contributed by atoms with Crippen LogP contribution in [0.15, 0.2) is 42.2 Å². The van der Waals surface area contributed by atoms with E-state index in [1.54, 1.807) is 17.7 Å². The molecule has 2 aliphatic heterocycles. The first kappa shape index (κ1) is 22.0. The molecule has 6 rings (SSSR count). The molecule has 10 heteroatoms. The van der Waals surface area contributed by atoms with Crippen molar-refractivity contribution in [1.82, 2.24) is 29.7 Å². The number of anilines is 2. The van der Waals surface area contributed by atoms with Crippen LogP contribution in [0.5, 0.6) is 0 Å². The second kappa shape index (κ2) is 8.94. The van der Waals surface area contributed by atoms with Gasteiger partial charge >= 0.3 is 6.03 Å². The highest BCUT2D eigenvalue weighted by Crippen LogP contribution is 2.30. The lowest BCUT2D eigenvalue weighted by atomic mass is 10.0. The second-order valence-electron chi connectivity index (χ2n) is 9.20. The van der Waals surface area contributed by atoms with Gasteiger partial charge in [0.25, 0.3) is 0 Å². The zero-order valence-electron chi connectivity index (χ0n) is 19.7. The molecule has 5 heterocycles. The van der Waals surface area contributed by atoms with Crippen molar-refractivity contribution in [1.29, 1.82) is 0 Å². The molecule has 1 saturated heterocycles. The van der Waals surface area contributed by atoms with Gasteiger partial charge < -0.3 is 24.8 Å². The molecular formula is C25H27N7O2S. The number of carbonyl (C=O) groups excluding carboxylic acids is 1. The number of nitrogens with one attached hydrogen (secondary N) is 2. The number of aromatic amines is 1.